The fourth-order valence-corrected chi connectivity index (χ4v) is 10.4. The summed E-state index contributed by atoms with van der Waals surface area (Å²) in [6.07, 6.45) is 2.18. The fourth-order valence-electron chi connectivity index (χ4n) is 9.48. The summed E-state index contributed by atoms with van der Waals surface area (Å²) in [5, 5.41) is 25.2. The molecule has 1 aliphatic rings. The number of thioether (sulfide) groups is 1. The highest BCUT2D eigenvalue weighted by Gasteiger charge is 2.38. The van der Waals surface area contributed by atoms with Crippen LogP contribution < -0.4 is 37.6 Å². The molecule has 1 aromatic heterocycles. The van der Waals surface area contributed by atoms with Gasteiger partial charge in [-0.1, -0.05) is 81.4 Å². The molecule has 0 unspecified atom stereocenters. The zero-order valence-corrected chi connectivity index (χ0v) is 54.5. The molecule has 95 heavy (non-hydrogen) atoms. The van der Waals surface area contributed by atoms with Crippen LogP contribution in [0.2, 0.25) is 0 Å². The third kappa shape index (κ3) is 27.0. The van der Waals surface area contributed by atoms with E-state index in [0.29, 0.717) is 16.8 Å². The number of rotatable bonds is 42. The number of hydrogen-bond donors (Lipinski definition) is 8. The maximum atomic E-state index is 15.6. The molecule has 2 heterocycles. The molecule has 1 aliphatic heterocycles. The minimum Gasteiger partial charge on any atom is -0.480 e. The lowest BCUT2D eigenvalue weighted by Gasteiger charge is -2.41. The monoisotopic (exact) mass is 1350 g/mol. The van der Waals surface area contributed by atoms with Crippen LogP contribution in [0.3, 0.4) is 0 Å². The first-order valence-electron chi connectivity index (χ1n) is 30.6. The normalized spacial score (nSPS) is 13.6. The third-order valence-corrected chi connectivity index (χ3v) is 15.2. The number of carboxylic acid groups (broad SMARTS) is 1. The van der Waals surface area contributed by atoms with Gasteiger partial charge in [-0.25, -0.2) is 18.4 Å². The van der Waals surface area contributed by atoms with Gasteiger partial charge in [0, 0.05) is 73.5 Å². The van der Waals surface area contributed by atoms with E-state index in [1.165, 1.54) is 13.8 Å². The van der Waals surface area contributed by atoms with E-state index in [4.69, 9.17) is 29.4 Å². The van der Waals surface area contributed by atoms with Crippen molar-refractivity contribution >= 4 is 77.0 Å². The number of aromatic nitrogens is 1. The van der Waals surface area contributed by atoms with Crippen LogP contribution in [-0.2, 0) is 84.8 Å². The van der Waals surface area contributed by atoms with Crippen molar-refractivity contribution in [2.24, 2.45) is 11.1 Å². The minimum absolute atomic E-state index is 0.0328. The summed E-state index contributed by atoms with van der Waals surface area (Å²) in [6.45, 7) is 9.41. The summed E-state index contributed by atoms with van der Waals surface area (Å²) < 4.78 is 59.2. The molecule has 4 aromatic rings. The Morgan fingerprint density at radius 2 is 1.26 bits per heavy atom. The summed E-state index contributed by atoms with van der Waals surface area (Å²) >= 11 is 0.940. The van der Waals surface area contributed by atoms with E-state index >= 15 is 4.39 Å². The van der Waals surface area contributed by atoms with Crippen LogP contribution in [0.1, 0.15) is 76.7 Å². The van der Waals surface area contributed by atoms with E-state index in [1.807, 2.05) is 55.7 Å². The Labute approximate surface area is 553 Å². The van der Waals surface area contributed by atoms with Gasteiger partial charge in [-0.3, -0.25) is 48.1 Å². The SMILES string of the molecule is C[C@H](NC(=O)OCc1ccccc1)C(=O)N[C@@H](C)C(=O)N[C@@H](CC(N)=O)C(=O)NCCCN(C(=O)CSC[C@H](NC(=O)CCOCCOCCOCCOCCNC(=O)CN1C(=O)C=CC1=O)C(=O)O)[C@@H](c1cc(-c2cc(F)ccc2F)cn1Cc1ccccc1)C(C)(C)C. The lowest BCUT2D eigenvalue weighted by atomic mass is 9.83. The molecule has 10 amide bonds. The average molecular weight is 1350 g/mol. The van der Waals surface area contributed by atoms with Crippen molar-refractivity contribution in [3.8, 4) is 11.1 Å². The molecule has 3 aromatic carbocycles. The Hall–Kier alpha value is -9.10. The lowest BCUT2D eigenvalue weighted by Crippen LogP contribution is -2.56. The van der Waals surface area contributed by atoms with Crippen LogP contribution in [0.4, 0.5) is 13.6 Å². The number of aliphatic carboxylic acids is 1. The second kappa shape index (κ2) is 39.6. The van der Waals surface area contributed by atoms with Gasteiger partial charge in [0.2, 0.25) is 41.4 Å². The average Bonchev–Trinajstić information content (AvgIpc) is 1.66. The van der Waals surface area contributed by atoms with Crippen LogP contribution in [-0.4, -0.2) is 199 Å². The number of alkyl carbamates (subject to hydrolysis) is 1. The van der Waals surface area contributed by atoms with Crippen molar-refractivity contribution < 1.29 is 90.3 Å². The van der Waals surface area contributed by atoms with Gasteiger partial charge in [-0.15, -0.1) is 11.8 Å². The van der Waals surface area contributed by atoms with Crippen LogP contribution in [0.25, 0.3) is 11.1 Å². The number of amides is 10. The standard InChI is InChI=1S/C65H84F2N10O17S/c1-42(71-60(84)43(2)72-64(89)94-39-45-15-10-7-11-16-45)61(85)74-50(35-53(68)78)62(86)70-22-12-24-76(59(65(3,4)5)52-33-46(48-34-47(66)17-18-49(48)67)37-75(52)36-44-13-8-6-9-14-44)58(83)41-95-40-51(63(87)88)73-54(79)21-25-90-27-29-92-31-32-93-30-28-91-26-23-69-55(80)38-77-56(81)19-20-57(77)82/h6-11,13-20,33-34,37,42-43,50-51,59H,12,21-32,35-36,38-41H2,1-5H3,(H2,68,78)(H,69,80)(H,70,86)(H,71,84)(H,72,89)(H,73,79)(H,74,85)(H,87,88)/t42-,43-,50-,51-,59-/m0/s1. The number of carbonyl (C=O) groups is 11. The van der Waals surface area contributed by atoms with Crippen molar-refractivity contribution in [1.82, 2.24) is 46.3 Å². The zero-order chi connectivity index (χ0) is 69.5. The first kappa shape index (κ1) is 76.6. The molecule has 0 spiro atoms. The number of benzene rings is 3. The molecule has 0 aliphatic carbocycles. The number of hydrogen-bond acceptors (Lipinski definition) is 17. The van der Waals surface area contributed by atoms with Crippen molar-refractivity contribution in [3.63, 3.8) is 0 Å². The van der Waals surface area contributed by atoms with Gasteiger partial charge >= 0.3 is 12.1 Å². The summed E-state index contributed by atoms with van der Waals surface area (Å²) in [4.78, 5) is 143. The zero-order valence-electron chi connectivity index (χ0n) is 53.7. The molecule has 0 saturated heterocycles. The van der Waals surface area contributed by atoms with Gasteiger partial charge < -0.3 is 75.9 Å². The number of carboxylic acids is 1. The fraction of sp³-hybridized carbons (Fsp3) is 0.462. The van der Waals surface area contributed by atoms with Crippen molar-refractivity contribution in [1.29, 1.82) is 0 Å². The van der Waals surface area contributed by atoms with Gasteiger partial charge in [0.25, 0.3) is 11.8 Å². The Bertz CT molecular complexity index is 3260. The van der Waals surface area contributed by atoms with Gasteiger partial charge in [0.05, 0.1) is 71.1 Å². The van der Waals surface area contributed by atoms with Crippen molar-refractivity contribution in [2.45, 2.75) is 97.2 Å². The van der Waals surface area contributed by atoms with Crippen molar-refractivity contribution in [2.75, 3.05) is 90.5 Å². The minimum atomic E-state index is -1.52. The van der Waals surface area contributed by atoms with E-state index in [0.717, 1.165) is 52.6 Å². The second-order valence-electron chi connectivity index (χ2n) is 22.9. The molecule has 0 fully saturated rings. The number of imide groups is 1. The quantitative estimate of drug-likeness (QED) is 0.0233. The van der Waals surface area contributed by atoms with Gasteiger partial charge in [0.15, 0.2) is 0 Å². The number of halogens is 2. The largest absolute Gasteiger partial charge is 0.480 e. The highest BCUT2D eigenvalue weighted by atomic mass is 32.2. The Morgan fingerprint density at radius 1 is 0.674 bits per heavy atom. The molecular formula is C65H84F2N10O17S. The van der Waals surface area contributed by atoms with E-state index in [-0.39, 0.29) is 122 Å². The molecular weight excluding hydrogens is 1260 g/mol. The summed E-state index contributed by atoms with van der Waals surface area (Å²) in [5.74, 6) is -9.44. The number of ether oxygens (including phenoxy) is 5. The van der Waals surface area contributed by atoms with Crippen LogP contribution in [0.5, 0.6) is 0 Å². The molecule has 9 N–H and O–H groups in total. The molecule has 5 rings (SSSR count). The maximum absolute atomic E-state index is 15.6. The first-order valence-corrected chi connectivity index (χ1v) is 31.8. The Balaban J connectivity index is 1.16. The second-order valence-corrected chi connectivity index (χ2v) is 23.9. The summed E-state index contributed by atoms with van der Waals surface area (Å²) in [5.41, 5.74) is 7.03. The highest BCUT2D eigenvalue weighted by Crippen LogP contribution is 2.41. The number of nitrogens with one attached hydrogen (secondary N) is 6. The maximum Gasteiger partial charge on any atom is 0.408 e. The predicted octanol–water partition coefficient (Wildman–Crippen LogP) is 2.88. The number of carbonyl (C=O) groups excluding carboxylic acids is 10. The van der Waals surface area contributed by atoms with Crippen LogP contribution in [0.15, 0.2) is 103 Å². The molecule has 27 nitrogen and oxygen atoms in total. The smallest absolute Gasteiger partial charge is 0.408 e. The van der Waals surface area contributed by atoms with Crippen LogP contribution >= 0.6 is 11.8 Å². The van der Waals surface area contributed by atoms with Gasteiger partial charge in [-0.2, -0.15) is 0 Å². The number of primary amides is 1. The third-order valence-electron chi connectivity index (χ3n) is 14.2. The van der Waals surface area contributed by atoms with Crippen molar-refractivity contribution in [3.05, 3.63) is 132 Å². The molecule has 0 bridgehead atoms. The summed E-state index contributed by atoms with van der Waals surface area (Å²) in [7, 11) is 0. The van der Waals surface area contributed by atoms with E-state index in [9.17, 15) is 62.2 Å². The van der Waals surface area contributed by atoms with Gasteiger partial charge in [-0.05, 0) is 61.1 Å². The molecule has 516 valence electrons. The number of nitrogens with zero attached hydrogens (tertiary/aromatic N) is 3. The first-order chi connectivity index (χ1) is 45.3. The topological polar surface area (TPSA) is 364 Å². The van der Waals surface area contributed by atoms with E-state index < -0.39 is 119 Å². The van der Waals surface area contributed by atoms with E-state index in [2.05, 4.69) is 31.9 Å². The molecule has 5 atom stereocenters. The van der Waals surface area contributed by atoms with Crippen LogP contribution in [0, 0.1) is 17.0 Å². The van der Waals surface area contributed by atoms with E-state index in [1.54, 1.807) is 47.5 Å². The number of nitrogens with two attached hydrogens (primary N) is 1. The lowest BCUT2D eigenvalue weighted by molar-refractivity contribution is -0.141. The Kier molecular flexibility index (Phi) is 31.9. The molecule has 30 heteroatoms. The molecule has 0 radical (unpaired) electrons. The Morgan fingerprint density at radius 3 is 1.87 bits per heavy atom. The van der Waals surface area contributed by atoms with Gasteiger partial charge in [0.1, 0.15) is 49.0 Å². The molecule has 0 saturated carbocycles. The highest BCUT2D eigenvalue weighted by molar-refractivity contribution is 8.00. The summed E-state index contributed by atoms with van der Waals surface area (Å²) in [6, 6.07) is 16.6. The predicted molar refractivity (Wildman–Crippen MR) is 343 cm³/mol.